The smallest absolute Gasteiger partial charge is 0.326 e. The predicted octanol–water partition coefficient (Wildman–Crippen LogP) is 4.80. The van der Waals surface area contributed by atoms with Crippen molar-refractivity contribution in [2.75, 3.05) is 22.6 Å². The summed E-state index contributed by atoms with van der Waals surface area (Å²) >= 11 is 0. The summed E-state index contributed by atoms with van der Waals surface area (Å²) in [6.07, 6.45) is 1.52. The van der Waals surface area contributed by atoms with Crippen LogP contribution in [0.3, 0.4) is 0 Å². The molecule has 6 nitrogen and oxygen atoms in total. The first-order valence-corrected chi connectivity index (χ1v) is 8.94. The van der Waals surface area contributed by atoms with Gasteiger partial charge in [0.2, 0.25) is 0 Å². The first-order valence-electron chi connectivity index (χ1n) is 8.94. The number of nitrogen functional groups attached to an aromatic ring is 1. The molecule has 2 amide bonds. The van der Waals surface area contributed by atoms with Gasteiger partial charge >= 0.3 is 6.03 Å². The minimum Gasteiger partial charge on any atom is -0.487 e. The molecule has 3 rings (SSSR count). The summed E-state index contributed by atoms with van der Waals surface area (Å²) in [6, 6.07) is 10.6. The van der Waals surface area contributed by atoms with Crippen molar-refractivity contribution in [3.05, 3.63) is 59.0 Å². The van der Waals surface area contributed by atoms with Crippen LogP contribution in [0, 0.1) is 6.92 Å². The average molecular weight is 382 g/mol. The lowest BCUT2D eigenvalue weighted by atomic mass is 10.1. The van der Waals surface area contributed by atoms with Crippen molar-refractivity contribution in [2.24, 2.45) is 4.99 Å². The normalized spacial score (nSPS) is 14.6. The van der Waals surface area contributed by atoms with Crippen LogP contribution in [0.1, 0.15) is 25.0 Å². The van der Waals surface area contributed by atoms with Gasteiger partial charge in [-0.15, -0.1) is 0 Å². The molecule has 2 aromatic carbocycles. The number of carbonyl (C=O) groups excluding carboxylic acids is 1. The number of halogens is 1. The van der Waals surface area contributed by atoms with Gasteiger partial charge in [0.05, 0.1) is 12.2 Å². The Balaban J connectivity index is 1.87. The second kappa shape index (κ2) is 8.12. The first kappa shape index (κ1) is 19.4. The molecule has 1 heterocycles. The van der Waals surface area contributed by atoms with Gasteiger partial charge in [-0.1, -0.05) is 12.1 Å². The number of anilines is 3. The van der Waals surface area contributed by atoms with Crippen molar-refractivity contribution < 1.29 is 13.9 Å². The van der Waals surface area contributed by atoms with Crippen LogP contribution < -0.4 is 20.7 Å². The van der Waals surface area contributed by atoms with Gasteiger partial charge in [-0.25, -0.2) is 9.18 Å². The minimum absolute atomic E-state index is 0.00283. The van der Waals surface area contributed by atoms with E-state index in [0.29, 0.717) is 23.7 Å². The maximum atomic E-state index is 13.5. The number of rotatable bonds is 5. The summed E-state index contributed by atoms with van der Waals surface area (Å²) in [4.78, 5) is 18.2. The van der Waals surface area contributed by atoms with Crippen LogP contribution in [0.2, 0.25) is 0 Å². The van der Waals surface area contributed by atoms with E-state index in [1.807, 2.05) is 25.1 Å². The van der Waals surface area contributed by atoms with Gasteiger partial charge < -0.3 is 15.8 Å². The fraction of sp³-hybridized carbons (Fsp3) is 0.238. The lowest BCUT2D eigenvalue weighted by Gasteiger charge is -2.31. The first-order chi connectivity index (χ1) is 13.4. The molecule has 1 aliphatic rings. The van der Waals surface area contributed by atoms with Crippen molar-refractivity contribution in [3.63, 3.8) is 0 Å². The molecular weight excluding hydrogens is 359 g/mol. The minimum atomic E-state index is -0.395. The number of benzene rings is 2. The zero-order valence-electron chi connectivity index (χ0n) is 16.1. The summed E-state index contributed by atoms with van der Waals surface area (Å²) in [5.41, 5.74) is 10.1. The Morgan fingerprint density at radius 3 is 2.89 bits per heavy atom. The maximum Gasteiger partial charge on any atom is 0.326 e. The number of nitrogens with one attached hydrogen (secondary N) is 1. The van der Waals surface area contributed by atoms with Gasteiger partial charge in [0.1, 0.15) is 23.9 Å². The number of ether oxygens (including phenoxy) is 1. The third-order valence-corrected chi connectivity index (χ3v) is 4.54. The number of urea groups is 1. The van der Waals surface area contributed by atoms with Gasteiger partial charge in [0.15, 0.2) is 0 Å². The second-order valence-electron chi connectivity index (χ2n) is 6.49. The average Bonchev–Trinajstić information content (AvgIpc) is 2.66. The van der Waals surface area contributed by atoms with E-state index in [0.717, 1.165) is 16.8 Å². The number of aryl methyl sites for hydroxylation is 1. The number of nitrogens with two attached hydrogens (primary N) is 1. The van der Waals surface area contributed by atoms with E-state index in [9.17, 15) is 9.18 Å². The van der Waals surface area contributed by atoms with Gasteiger partial charge in [0, 0.05) is 29.2 Å². The van der Waals surface area contributed by atoms with Gasteiger partial charge in [-0.3, -0.25) is 9.89 Å². The Labute approximate surface area is 163 Å². The maximum absolute atomic E-state index is 13.5. The van der Waals surface area contributed by atoms with Crippen LogP contribution >= 0.6 is 0 Å². The van der Waals surface area contributed by atoms with E-state index in [4.69, 9.17) is 10.5 Å². The zero-order chi connectivity index (χ0) is 20.3. The molecule has 2 aromatic rings. The van der Waals surface area contributed by atoms with E-state index in [1.165, 1.54) is 13.1 Å². The molecule has 1 aliphatic heterocycles. The summed E-state index contributed by atoms with van der Waals surface area (Å²) in [6.45, 7) is 5.32. The molecule has 7 heteroatoms. The number of amides is 2. The molecule has 0 spiro atoms. The fourth-order valence-corrected chi connectivity index (χ4v) is 3.01. The largest absolute Gasteiger partial charge is 0.487 e. The molecule has 0 atom stereocenters. The van der Waals surface area contributed by atoms with E-state index in [2.05, 4.69) is 10.3 Å². The van der Waals surface area contributed by atoms with E-state index >= 15 is 0 Å². The molecule has 0 saturated carbocycles. The Kier molecular flexibility index (Phi) is 5.63. The molecule has 28 heavy (non-hydrogen) atoms. The second-order valence-corrected chi connectivity index (χ2v) is 6.49. The molecule has 0 bridgehead atoms. The molecule has 0 saturated heterocycles. The molecule has 0 aromatic heterocycles. The quantitative estimate of drug-likeness (QED) is 0.576. The lowest BCUT2D eigenvalue weighted by Crippen LogP contribution is -2.39. The van der Waals surface area contributed by atoms with Crippen molar-refractivity contribution in [1.29, 1.82) is 0 Å². The van der Waals surface area contributed by atoms with Crippen LogP contribution in [0.15, 0.2) is 52.9 Å². The highest BCUT2D eigenvalue weighted by Crippen LogP contribution is 2.34. The topological polar surface area (TPSA) is 79.9 Å². The molecular formula is C21H23FN4O2. The standard InChI is InChI=1S/C21H23FN4O2/c1-4-24-19(14(3)22)12-28-15-9-8-13(2)20(10-15)26-11-16-17(23)6-5-7-18(16)25-21(26)27/h4-10H,11-12,23H2,1-3H3,(H,25,27)/b19-14+,24-4?. The van der Waals surface area contributed by atoms with Crippen LogP contribution in [-0.2, 0) is 6.54 Å². The molecule has 146 valence electrons. The number of aliphatic imine (C=N–C) groups is 1. The SMILES string of the molecule is CC=N/C(COc1ccc(C)c(N2Cc3c(N)cccc3NC2=O)c1)=C(\C)F. The highest BCUT2D eigenvalue weighted by Gasteiger charge is 2.26. The Hall–Kier alpha value is -3.35. The van der Waals surface area contributed by atoms with E-state index in [-0.39, 0.29) is 18.3 Å². The van der Waals surface area contributed by atoms with E-state index < -0.39 is 5.83 Å². The van der Waals surface area contributed by atoms with Gasteiger partial charge in [-0.05, 0) is 44.5 Å². The highest BCUT2D eigenvalue weighted by atomic mass is 19.1. The zero-order valence-corrected chi connectivity index (χ0v) is 16.1. The molecule has 0 radical (unpaired) electrons. The molecule has 0 fully saturated rings. The number of fused-ring (bicyclic) bond motifs is 1. The highest BCUT2D eigenvalue weighted by molar-refractivity contribution is 6.05. The Bertz CT molecular complexity index is 965. The number of carbonyl (C=O) groups is 1. The van der Waals surface area contributed by atoms with Crippen LogP contribution in [0.5, 0.6) is 5.75 Å². The summed E-state index contributed by atoms with van der Waals surface area (Å²) < 4.78 is 19.2. The van der Waals surface area contributed by atoms with Crippen LogP contribution in [0.25, 0.3) is 0 Å². The predicted molar refractivity (Wildman–Crippen MR) is 111 cm³/mol. The number of allylic oxidation sites excluding steroid dienone is 1. The van der Waals surface area contributed by atoms with Gasteiger partial charge in [0.25, 0.3) is 0 Å². The molecule has 0 unspecified atom stereocenters. The van der Waals surface area contributed by atoms with E-state index in [1.54, 1.807) is 30.0 Å². The fourth-order valence-electron chi connectivity index (χ4n) is 3.01. The number of hydrogen-bond donors (Lipinski definition) is 2. The van der Waals surface area contributed by atoms with Crippen LogP contribution in [0.4, 0.5) is 26.2 Å². The molecule has 0 aliphatic carbocycles. The third-order valence-electron chi connectivity index (χ3n) is 4.54. The van der Waals surface area contributed by atoms with Crippen LogP contribution in [-0.4, -0.2) is 18.9 Å². The third kappa shape index (κ3) is 3.98. The van der Waals surface area contributed by atoms with Crippen molar-refractivity contribution >= 4 is 29.3 Å². The summed E-state index contributed by atoms with van der Waals surface area (Å²) in [7, 11) is 0. The number of nitrogens with zero attached hydrogens (tertiary/aromatic N) is 2. The van der Waals surface area contributed by atoms with Crippen molar-refractivity contribution in [2.45, 2.75) is 27.3 Å². The Morgan fingerprint density at radius 2 is 2.18 bits per heavy atom. The van der Waals surface area contributed by atoms with Crippen molar-refractivity contribution in [1.82, 2.24) is 0 Å². The molecule has 3 N–H and O–H groups in total. The monoisotopic (exact) mass is 382 g/mol. The summed E-state index contributed by atoms with van der Waals surface area (Å²) in [5, 5.41) is 2.87. The van der Waals surface area contributed by atoms with Gasteiger partial charge in [-0.2, -0.15) is 0 Å². The van der Waals surface area contributed by atoms with Crippen molar-refractivity contribution in [3.8, 4) is 5.75 Å². The Morgan fingerprint density at radius 1 is 1.39 bits per heavy atom. The lowest BCUT2D eigenvalue weighted by molar-refractivity contribution is 0.256. The number of hydrogen-bond acceptors (Lipinski definition) is 4. The summed E-state index contributed by atoms with van der Waals surface area (Å²) in [5.74, 6) is 0.123.